The van der Waals surface area contributed by atoms with Gasteiger partial charge in [0.25, 0.3) is 0 Å². The minimum Gasteiger partial charge on any atom is -0.360 e. The van der Waals surface area contributed by atoms with Gasteiger partial charge in [-0.2, -0.15) is 0 Å². The summed E-state index contributed by atoms with van der Waals surface area (Å²) in [6, 6.07) is 0.618. The Morgan fingerprint density at radius 3 is 3.07 bits per heavy atom. The molecule has 0 radical (unpaired) electrons. The van der Waals surface area contributed by atoms with Crippen LogP contribution in [0.2, 0.25) is 0 Å². The first-order chi connectivity index (χ1) is 7.28. The van der Waals surface area contributed by atoms with Crippen molar-refractivity contribution in [2.24, 2.45) is 0 Å². The van der Waals surface area contributed by atoms with Crippen molar-refractivity contribution in [3.63, 3.8) is 0 Å². The van der Waals surface area contributed by atoms with Crippen LogP contribution in [0.5, 0.6) is 0 Å². The second-order valence-electron chi connectivity index (χ2n) is 3.68. The summed E-state index contributed by atoms with van der Waals surface area (Å²) in [7, 11) is 0. The number of rotatable bonds is 4. The predicted octanol–water partition coefficient (Wildman–Crippen LogP) is 1.83. The third-order valence-corrected chi connectivity index (χ3v) is 3.67. The molecule has 0 unspecified atom stereocenters. The van der Waals surface area contributed by atoms with Gasteiger partial charge in [-0.05, 0) is 31.5 Å². The van der Waals surface area contributed by atoms with Crippen molar-refractivity contribution in [2.75, 3.05) is 0 Å². The summed E-state index contributed by atoms with van der Waals surface area (Å²) in [5.74, 6) is 0. The maximum absolute atomic E-state index is 5.16. The zero-order valence-corrected chi connectivity index (χ0v) is 10.4. The molecule has 0 saturated heterocycles. The lowest BCUT2D eigenvalue weighted by atomic mass is 10.4. The zero-order valence-electron chi connectivity index (χ0n) is 8.75. The summed E-state index contributed by atoms with van der Waals surface area (Å²) in [6.45, 7) is 2.88. The highest BCUT2D eigenvalue weighted by atomic mass is 32.1. The number of hydrogen-bond donors (Lipinski definition) is 2. The van der Waals surface area contributed by atoms with Crippen LogP contribution in [0.4, 0.5) is 0 Å². The predicted molar refractivity (Wildman–Crippen MR) is 67.1 cm³/mol. The van der Waals surface area contributed by atoms with Crippen molar-refractivity contribution >= 4 is 28.7 Å². The third-order valence-electron chi connectivity index (χ3n) is 2.26. The van der Waals surface area contributed by atoms with Gasteiger partial charge in [0.2, 0.25) is 0 Å². The fraction of sp³-hybridized carbons (Fsp3) is 0.600. The van der Waals surface area contributed by atoms with Crippen molar-refractivity contribution in [1.82, 2.24) is 15.6 Å². The number of thiazole rings is 1. The van der Waals surface area contributed by atoms with Crippen LogP contribution in [0.15, 0.2) is 6.20 Å². The highest BCUT2D eigenvalue weighted by molar-refractivity contribution is 7.80. The maximum atomic E-state index is 5.16. The van der Waals surface area contributed by atoms with Crippen molar-refractivity contribution < 1.29 is 0 Å². The Hall–Kier alpha value is -0.680. The first kappa shape index (κ1) is 10.8. The fourth-order valence-corrected chi connectivity index (χ4v) is 2.25. The summed E-state index contributed by atoms with van der Waals surface area (Å²) >= 11 is 6.91. The Morgan fingerprint density at radius 2 is 2.47 bits per heavy atom. The van der Waals surface area contributed by atoms with E-state index in [4.69, 9.17) is 12.2 Å². The van der Waals surface area contributed by atoms with Crippen molar-refractivity contribution in [1.29, 1.82) is 0 Å². The first-order valence-corrected chi connectivity index (χ1v) is 6.48. The molecule has 1 aromatic heterocycles. The molecule has 0 aliphatic heterocycles. The van der Waals surface area contributed by atoms with Crippen LogP contribution >= 0.6 is 23.6 Å². The van der Waals surface area contributed by atoms with Gasteiger partial charge in [0.15, 0.2) is 5.11 Å². The molecule has 2 rings (SSSR count). The summed E-state index contributed by atoms with van der Waals surface area (Å²) in [4.78, 5) is 5.65. The van der Waals surface area contributed by atoms with E-state index in [-0.39, 0.29) is 0 Å². The van der Waals surface area contributed by atoms with Crippen LogP contribution in [0.25, 0.3) is 0 Å². The molecule has 1 aliphatic carbocycles. The quantitative estimate of drug-likeness (QED) is 0.789. The molecule has 0 spiro atoms. The minimum atomic E-state index is 0.618. The molecule has 82 valence electrons. The number of nitrogens with one attached hydrogen (secondary N) is 2. The van der Waals surface area contributed by atoms with E-state index in [1.807, 2.05) is 6.20 Å². The summed E-state index contributed by atoms with van der Waals surface area (Å²) in [5.41, 5.74) is 0. The lowest BCUT2D eigenvalue weighted by Crippen LogP contribution is -2.35. The summed E-state index contributed by atoms with van der Waals surface area (Å²) in [6.07, 6.45) is 5.50. The molecule has 1 saturated carbocycles. The molecule has 1 heterocycles. The van der Waals surface area contributed by atoms with Crippen molar-refractivity contribution in [3.8, 4) is 0 Å². The molecule has 0 amide bonds. The van der Waals surface area contributed by atoms with Crippen LogP contribution in [0.1, 0.15) is 29.7 Å². The maximum Gasteiger partial charge on any atom is 0.166 e. The molecule has 1 aromatic rings. The first-order valence-electron chi connectivity index (χ1n) is 5.26. The lowest BCUT2D eigenvalue weighted by Gasteiger charge is -2.07. The van der Waals surface area contributed by atoms with E-state index in [2.05, 4.69) is 22.5 Å². The molecule has 1 aliphatic rings. The molecule has 5 heteroatoms. The Kier molecular flexibility index (Phi) is 3.53. The molecule has 15 heavy (non-hydrogen) atoms. The second-order valence-corrected chi connectivity index (χ2v) is 5.28. The largest absolute Gasteiger partial charge is 0.360 e. The normalized spacial score (nSPS) is 15.0. The van der Waals surface area contributed by atoms with Gasteiger partial charge >= 0.3 is 0 Å². The Bertz CT molecular complexity index is 344. The van der Waals surface area contributed by atoms with Gasteiger partial charge in [0.1, 0.15) is 5.01 Å². The van der Waals surface area contributed by atoms with Crippen molar-refractivity contribution in [3.05, 3.63) is 16.1 Å². The van der Waals surface area contributed by atoms with Crippen LogP contribution in [0.3, 0.4) is 0 Å². The standard InChI is InChI=1S/C10H15N3S2/c1-2-8-5-11-9(15-8)6-12-10(14)13-7-3-4-7/h5,7H,2-4,6H2,1H3,(H2,12,13,14). The lowest BCUT2D eigenvalue weighted by molar-refractivity contribution is 0.824. The molecule has 3 nitrogen and oxygen atoms in total. The zero-order chi connectivity index (χ0) is 10.7. The Morgan fingerprint density at radius 1 is 1.67 bits per heavy atom. The number of aromatic nitrogens is 1. The van der Waals surface area contributed by atoms with Crippen LogP contribution in [0, 0.1) is 0 Å². The van der Waals surface area contributed by atoms with Gasteiger partial charge in [-0.15, -0.1) is 11.3 Å². The van der Waals surface area contributed by atoms with Crippen molar-refractivity contribution in [2.45, 2.75) is 38.8 Å². The van der Waals surface area contributed by atoms with Gasteiger partial charge < -0.3 is 10.6 Å². The fourth-order valence-electron chi connectivity index (χ4n) is 1.21. The SMILES string of the molecule is CCc1cnc(CNC(=S)NC2CC2)s1. The summed E-state index contributed by atoms with van der Waals surface area (Å²) < 4.78 is 0. The van der Waals surface area contributed by atoms with Gasteiger partial charge in [-0.3, -0.25) is 0 Å². The van der Waals surface area contributed by atoms with Crippen LogP contribution in [-0.4, -0.2) is 16.1 Å². The smallest absolute Gasteiger partial charge is 0.166 e. The molecule has 0 atom stereocenters. The Balaban J connectivity index is 1.73. The molecule has 0 aromatic carbocycles. The number of aryl methyl sites for hydroxylation is 1. The van der Waals surface area contributed by atoms with Crippen LogP contribution in [-0.2, 0) is 13.0 Å². The second kappa shape index (κ2) is 4.90. The minimum absolute atomic E-state index is 0.618. The Labute approximate surface area is 99.3 Å². The third kappa shape index (κ3) is 3.43. The van der Waals surface area contributed by atoms with E-state index in [9.17, 15) is 0 Å². The molecular formula is C10H15N3S2. The number of thiocarbonyl (C=S) groups is 1. The van der Waals surface area contributed by atoms with E-state index >= 15 is 0 Å². The highest BCUT2D eigenvalue weighted by Crippen LogP contribution is 2.18. The van der Waals surface area contributed by atoms with E-state index in [0.717, 1.165) is 23.1 Å². The molecule has 1 fully saturated rings. The highest BCUT2D eigenvalue weighted by Gasteiger charge is 2.21. The van der Waals surface area contributed by atoms with E-state index in [0.29, 0.717) is 6.04 Å². The molecule has 2 N–H and O–H groups in total. The average molecular weight is 241 g/mol. The van der Waals surface area contributed by atoms with E-state index < -0.39 is 0 Å². The number of hydrogen-bond acceptors (Lipinski definition) is 3. The molecular weight excluding hydrogens is 226 g/mol. The average Bonchev–Trinajstić information content (AvgIpc) is 2.92. The topological polar surface area (TPSA) is 37.0 Å². The van der Waals surface area contributed by atoms with Gasteiger partial charge in [-0.1, -0.05) is 6.92 Å². The summed E-state index contributed by atoms with van der Waals surface area (Å²) in [5, 5.41) is 8.28. The van der Waals surface area contributed by atoms with Gasteiger partial charge in [-0.25, -0.2) is 4.98 Å². The molecule has 0 bridgehead atoms. The van der Waals surface area contributed by atoms with E-state index in [1.165, 1.54) is 17.7 Å². The monoisotopic (exact) mass is 241 g/mol. The van der Waals surface area contributed by atoms with Crippen LogP contribution < -0.4 is 10.6 Å². The van der Waals surface area contributed by atoms with Gasteiger partial charge in [0, 0.05) is 17.1 Å². The number of nitrogens with zero attached hydrogens (tertiary/aromatic N) is 1. The van der Waals surface area contributed by atoms with E-state index in [1.54, 1.807) is 11.3 Å². The van der Waals surface area contributed by atoms with Gasteiger partial charge in [0.05, 0.1) is 6.54 Å².